The third-order valence-electron chi connectivity index (χ3n) is 4.76. The number of urea groups is 1. The minimum absolute atomic E-state index is 0.170. The monoisotopic (exact) mass is 369 g/mol. The molecule has 0 radical (unpaired) electrons. The van der Waals surface area contributed by atoms with E-state index in [-0.39, 0.29) is 12.1 Å². The maximum absolute atomic E-state index is 12.1. The lowest BCUT2D eigenvalue weighted by Gasteiger charge is -2.16. The maximum atomic E-state index is 12.1. The van der Waals surface area contributed by atoms with Gasteiger partial charge in [0.25, 0.3) is 0 Å². The number of fused-ring (bicyclic) bond motifs is 1. The number of hydrogen-bond donors (Lipinski definition) is 3. The number of carbonyl (C=O) groups excluding carboxylic acids is 1. The molecule has 1 heterocycles. The Labute approximate surface area is 160 Å². The molecule has 2 amide bonds. The summed E-state index contributed by atoms with van der Waals surface area (Å²) in [6.45, 7) is 5.07. The standard InChI is InChI=1S/C21H27N3O3/c1-4-15(5-2)23-21(25)24-16-6-9-19(20(13-16)26-3)27-17-7-8-18-14(12-17)10-11-22-18/h6-9,12-13,15,22H,4-5,10-11H2,1-3H3,(H2,23,24,25). The summed E-state index contributed by atoms with van der Waals surface area (Å²) in [7, 11) is 1.59. The molecule has 0 bridgehead atoms. The summed E-state index contributed by atoms with van der Waals surface area (Å²) in [5.74, 6) is 1.94. The van der Waals surface area contributed by atoms with Gasteiger partial charge in [0, 0.05) is 30.0 Å². The molecule has 3 N–H and O–H groups in total. The van der Waals surface area contributed by atoms with Gasteiger partial charge >= 0.3 is 6.03 Å². The average Bonchev–Trinajstić information content (AvgIpc) is 3.15. The van der Waals surface area contributed by atoms with E-state index in [4.69, 9.17) is 9.47 Å². The quantitative estimate of drug-likeness (QED) is 0.658. The van der Waals surface area contributed by atoms with Gasteiger partial charge in [0.15, 0.2) is 11.5 Å². The van der Waals surface area contributed by atoms with Crippen molar-refractivity contribution in [3.63, 3.8) is 0 Å². The van der Waals surface area contributed by atoms with Crippen LogP contribution in [0.15, 0.2) is 36.4 Å². The zero-order valence-corrected chi connectivity index (χ0v) is 16.1. The Bertz CT molecular complexity index is 803. The normalized spacial score (nSPS) is 12.3. The third kappa shape index (κ3) is 4.64. The van der Waals surface area contributed by atoms with Crippen molar-refractivity contribution in [3.05, 3.63) is 42.0 Å². The first-order valence-electron chi connectivity index (χ1n) is 9.43. The van der Waals surface area contributed by atoms with Gasteiger partial charge in [0.2, 0.25) is 0 Å². The highest BCUT2D eigenvalue weighted by Gasteiger charge is 2.14. The molecule has 2 aromatic rings. The summed E-state index contributed by atoms with van der Waals surface area (Å²) < 4.78 is 11.5. The van der Waals surface area contributed by atoms with E-state index in [0.29, 0.717) is 17.2 Å². The molecule has 144 valence electrons. The van der Waals surface area contributed by atoms with E-state index in [1.807, 2.05) is 18.2 Å². The van der Waals surface area contributed by atoms with Crippen molar-refractivity contribution in [1.29, 1.82) is 0 Å². The van der Waals surface area contributed by atoms with E-state index in [1.54, 1.807) is 25.3 Å². The van der Waals surface area contributed by atoms with Crippen LogP contribution >= 0.6 is 0 Å². The SMILES string of the molecule is CCC(CC)NC(=O)Nc1ccc(Oc2ccc3c(c2)CCN3)c(OC)c1. The second-order valence-electron chi connectivity index (χ2n) is 6.58. The van der Waals surface area contributed by atoms with E-state index in [2.05, 4.69) is 29.8 Å². The lowest BCUT2D eigenvalue weighted by atomic mass is 10.1. The molecule has 0 saturated carbocycles. The number of methoxy groups -OCH3 is 1. The van der Waals surface area contributed by atoms with E-state index < -0.39 is 0 Å². The predicted molar refractivity (Wildman–Crippen MR) is 108 cm³/mol. The Kier molecular flexibility index (Phi) is 6.06. The molecule has 2 aromatic carbocycles. The molecule has 0 fully saturated rings. The van der Waals surface area contributed by atoms with Gasteiger partial charge in [0.1, 0.15) is 5.75 Å². The number of ether oxygens (including phenoxy) is 2. The average molecular weight is 369 g/mol. The number of nitrogens with one attached hydrogen (secondary N) is 3. The van der Waals surface area contributed by atoms with Crippen LogP contribution < -0.4 is 25.4 Å². The van der Waals surface area contributed by atoms with Crippen molar-refractivity contribution in [1.82, 2.24) is 5.32 Å². The van der Waals surface area contributed by atoms with Crippen LogP contribution in [0.3, 0.4) is 0 Å². The van der Waals surface area contributed by atoms with Crippen molar-refractivity contribution in [2.75, 3.05) is 24.3 Å². The van der Waals surface area contributed by atoms with Crippen LogP contribution in [0.4, 0.5) is 16.2 Å². The fraction of sp³-hybridized carbons (Fsp3) is 0.381. The second kappa shape index (κ2) is 8.66. The Morgan fingerprint density at radius 2 is 1.96 bits per heavy atom. The van der Waals surface area contributed by atoms with Gasteiger partial charge in [-0.05, 0) is 55.2 Å². The molecule has 3 rings (SSSR count). The molecule has 0 atom stereocenters. The number of rotatable bonds is 7. The molecule has 6 heteroatoms. The van der Waals surface area contributed by atoms with Gasteiger partial charge < -0.3 is 25.4 Å². The van der Waals surface area contributed by atoms with Crippen LogP contribution in [0.25, 0.3) is 0 Å². The Balaban J connectivity index is 1.70. The first-order valence-corrected chi connectivity index (χ1v) is 9.43. The molecule has 0 unspecified atom stereocenters. The number of amides is 2. The minimum atomic E-state index is -0.217. The molecular weight excluding hydrogens is 342 g/mol. The van der Waals surface area contributed by atoms with Gasteiger partial charge in [-0.1, -0.05) is 13.8 Å². The van der Waals surface area contributed by atoms with Crippen molar-refractivity contribution in [2.24, 2.45) is 0 Å². The maximum Gasteiger partial charge on any atom is 0.319 e. The summed E-state index contributed by atoms with van der Waals surface area (Å²) in [4.78, 5) is 12.1. The molecule has 27 heavy (non-hydrogen) atoms. The van der Waals surface area contributed by atoms with Crippen LogP contribution in [0, 0.1) is 0 Å². The molecule has 6 nitrogen and oxygen atoms in total. The van der Waals surface area contributed by atoms with Crippen LogP contribution in [-0.4, -0.2) is 25.7 Å². The fourth-order valence-corrected chi connectivity index (χ4v) is 3.15. The number of benzene rings is 2. The summed E-state index contributed by atoms with van der Waals surface area (Å²) >= 11 is 0. The number of anilines is 2. The van der Waals surface area contributed by atoms with Crippen LogP contribution in [0.1, 0.15) is 32.3 Å². The first kappa shape index (κ1) is 18.9. The third-order valence-corrected chi connectivity index (χ3v) is 4.76. The Hall–Kier alpha value is -2.89. The molecule has 1 aliphatic rings. The van der Waals surface area contributed by atoms with Gasteiger partial charge in [-0.2, -0.15) is 0 Å². The fourth-order valence-electron chi connectivity index (χ4n) is 3.15. The van der Waals surface area contributed by atoms with Gasteiger partial charge in [-0.3, -0.25) is 0 Å². The second-order valence-corrected chi connectivity index (χ2v) is 6.58. The van der Waals surface area contributed by atoms with Crippen LogP contribution in [-0.2, 0) is 6.42 Å². The number of carbonyl (C=O) groups is 1. The molecule has 0 saturated heterocycles. The molecule has 0 aliphatic carbocycles. The van der Waals surface area contributed by atoms with E-state index in [9.17, 15) is 4.79 Å². The van der Waals surface area contributed by atoms with E-state index >= 15 is 0 Å². The molecular formula is C21H27N3O3. The van der Waals surface area contributed by atoms with Crippen molar-refractivity contribution in [3.8, 4) is 17.2 Å². The summed E-state index contributed by atoms with van der Waals surface area (Å²) in [5.41, 5.74) is 3.07. The zero-order chi connectivity index (χ0) is 19.2. The highest BCUT2D eigenvalue weighted by atomic mass is 16.5. The topological polar surface area (TPSA) is 71.6 Å². The zero-order valence-electron chi connectivity index (χ0n) is 16.1. The summed E-state index contributed by atoms with van der Waals surface area (Å²) in [6, 6.07) is 11.3. The minimum Gasteiger partial charge on any atom is -0.493 e. The van der Waals surface area contributed by atoms with Crippen molar-refractivity contribution >= 4 is 17.4 Å². The molecule has 0 aromatic heterocycles. The smallest absolute Gasteiger partial charge is 0.319 e. The van der Waals surface area contributed by atoms with Crippen LogP contribution in [0.2, 0.25) is 0 Å². The lowest BCUT2D eigenvalue weighted by Crippen LogP contribution is -2.37. The van der Waals surface area contributed by atoms with E-state index in [0.717, 1.165) is 37.2 Å². The molecule has 0 spiro atoms. The number of hydrogen-bond acceptors (Lipinski definition) is 4. The Morgan fingerprint density at radius 3 is 2.70 bits per heavy atom. The largest absolute Gasteiger partial charge is 0.493 e. The van der Waals surface area contributed by atoms with Gasteiger partial charge in [-0.15, -0.1) is 0 Å². The van der Waals surface area contributed by atoms with Crippen LogP contribution in [0.5, 0.6) is 17.2 Å². The highest BCUT2D eigenvalue weighted by Crippen LogP contribution is 2.35. The lowest BCUT2D eigenvalue weighted by molar-refractivity contribution is 0.247. The highest BCUT2D eigenvalue weighted by molar-refractivity contribution is 5.89. The first-order chi connectivity index (χ1) is 13.1. The summed E-state index contributed by atoms with van der Waals surface area (Å²) in [6.07, 6.45) is 2.80. The summed E-state index contributed by atoms with van der Waals surface area (Å²) in [5, 5.41) is 9.13. The predicted octanol–water partition coefficient (Wildman–Crippen LogP) is 4.77. The van der Waals surface area contributed by atoms with Gasteiger partial charge in [-0.25, -0.2) is 4.79 Å². The molecule has 1 aliphatic heterocycles. The van der Waals surface area contributed by atoms with Crippen molar-refractivity contribution < 1.29 is 14.3 Å². The Morgan fingerprint density at radius 1 is 1.15 bits per heavy atom. The van der Waals surface area contributed by atoms with Gasteiger partial charge in [0.05, 0.1) is 7.11 Å². The van der Waals surface area contributed by atoms with E-state index in [1.165, 1.54) is 5.56 Å². The van der Waals surface area contributed by atoms with Crippen molar-refractivity contribution in [2.45, 2.75) is 39.2 Å².